The summed E-state index contributed by atoms with van der Waals surface area (Å²) in [4.78, 5) is 0. The molecular weight excluding hydrogens is 254 g/mol. The van der Waals surface area contributed by atoms with Gasteiger partial charge in [-0.3, -0.25) is 0 Å². The van der Waals surface area contributed by atoms with Gasteiger partial charge < -0.3 is 5.32 Å². The van der Waals surface area contributed by atoms with Crippen LogP contribution in [0.4, 0.5) is 0 Å². The number of hydrogen-bond acceptors (Lipinski definition) is 1. The second kappa shape index (κ2) is 6.23. The van der Waals surface area contributed by atoms with Gasteiger partial charge in [0.25, 0.3) is 0 Å². The Morgan fingerprint density at radius 2 is 1.63 bits per heavy atom. The fourth-order valence-corrected chi connectivity index (χ4v) is 2.82. The molecule has 0 amide bonds. The summed E-state index contributed by atoms with van der Waals surface area (Å²) in [5.74, 6) is 0. The average Bonchev–Trinajstić information content (AvgIpc) is 2.39. The number of benzene rings is 2. The van der Waals surface area contributed by atoms with E-state index in [-0.39, 0.29) is 0 Å². The second-order valence-corrected chi connectivity index (χ2v) is 5.35. The fourth-order valence-electron chi connectivity index (χ4n) is 2.61. The van der Waals surface area contributed by atoms with E-state index < -0.39 is 0 Å². The van der Waals surface area contributed by atoms with Crippen LogP contribution in [0.15, 0.2) is 42.5 Å². The molecule has 0 fully saturated rings. The number of rotatable bonds is 4. The summed E-state index contributed by atoms with van der Waals surface area (Å²) >= 11 is 6.26. The number of halogens is 1. The van der Waals surface area contributed by atoms with Crippen molar-refractivity contribution in [2.24, 2.45) is 0 Å². The number of nitrogens with one attached hydrogen (secondary N) is 1. The smallest absolute Gasteiger partial charge is 0.0438 e. The normalized spacial score (nSPS) is 12.4. The Labute approximate surface area is 120 Å². The van der Waals surface area contributed by atoms with Crippen LogP contribution >= 0.6 is 11.6 Å². The van der Waals surface area contributed by atoms with Crippen molar-refractivity contribution >= 4 is 11.6 Å². The van der Waals surface area contributed by atoms with Gasteiger partial charge in [0.2, 0.25) is 0 Å². The predicted octanol–water partition coefficient (Wildman–Crippen LogP) is 4.46. The molecule has 0 radical (unpaired) electrons. The zero-order valence-electron chi connectivity index (χ0n) is 11.7. The molecule has 0 aliphatic rings. The van der Waals surface area contributed by atoms with E-state index in [1.807, 2.05) is 25.2 Å². The maximum atomic E-state index is 6.26. The Morgan fingerprint density at radius 1 is 1.00 bits per heavy atom. The van der Waals surface area contributed by atoms with Crippen LogP contribution in [0.25, 0.3) is 0 Å². The van der Waals surface area contributed by atoms with Crippen molar-refractivity contribution in [3.05, 3.63) is 69.7 Å². The monoisotopic (exact) mass is 273 g/mol. The highest BCUT2D eigenvalue weighted by atomic mass is 35.5. The van der Waals surface area contributed by atoms with Crippen molar-refractivity contribution in [2.45, 2.75) is 26.3 Å². The maximum Gasteiger partial charge on any atom is 0.0438 e. The van der Waals surface area contributed by atoms with Crippen molar-refractivity contribution in [3.8, 4) is 0 Å². The molecule has 0 aliphatic heterocycles. The molecule has 0 spiro atoms. The SMILES string of the molecule is CNC(Cc1ccccc1Cl)c1c(C)cccc1C. The van der Waals surface area contributed by atoms with Crippen molar-refractivity contribution in [3.63, 3.8) is 0 Å². The molecule has 0 aromatic heterocycles. The zero-order chi connectivity index (χ0) is 13.8. The van der Waals surface area contributed by atoms with Gasteiger partial charge in [-0.25, -0.2) is 0 Å². The minimum absolute atomic E-state index is 0.293. The van der Waals surface area contributed by atoms with Gasteiger partial charge in [0.1, 0.15) is 0 Å². The van der Waals surface area contributed by atoms with Crippen molar-refractivity contribution in [1.82, 2.24) is 5.32 Å². The summed E-state index contributed by atoms with van der Waals surface area (Å²) < 4.78 is 0. The number of likely N-dealkylation sites (N-methyl/N-ethyl adjacent to an activating group) is 1. The highest BCUT2D eigenvalue weighted by molar-refractivity contribution is 6.31. The van der Waals surface area contributed by atoms with E-state index in [0.717, 1.165) is 11.4 Å². The first-order chi connectivity index (χ1) is 9.13. The molecule has 0 saturated carbocycles. The molecule has 2 heteroatoms. The Hall–Kier alpha value is -1.31. The topological polar surface area (TPSA) is 12.0 Å². The Kier molecular flexibility index (Phi) is 4.62. The summed E-state index contributed by atoms with van der Waals surface area (Å²) in [5, 5.41) is 4.26. The third kappa shape index (κ3) is 3.17. The van der Waals surface area contributed by atoms with Crippen LogP contribution in [0.2, 0.25) is 5.02 Å². The lowest BCUT2D eigenvalue weighted by atomic mass is 9.92. The van der Waals surface area contributed by atoms with Crippen LogP contribution < -0.4 is 5.32 Å². The molecule has 0 bridgehead atoms. The standard InChI is InChI=1S/C17H20ClN/c1-12-7-6-8-13(2)17(12)16(19-3)11-14-9-4-5-10-15(14)18/h4-10,16,19H,11H2,1-3H3. The van der Waals surface area contributed by atoms with Gasteiger partial charge in [0, 0.05) is 11.1 Å². The lowest BCUT2D eigenvalue weighted by Crippen LogP contribution is -2.21. The summed E-state index contributed by atoms with van der Waals surface area (Å²) in [6.45, 7) is 4.33. The first kappa shape index (κ1) is 14.1. The molecule has 1 nitrogen and oxygen atoms in total. The summed E-state index contributed by atoms with van der Waals surface area (Å²) in [7, 11) is 2.01. The van der Waals surface area contributed by atoms with Crippen molar-refractivity contribution in [1.29, 1.82) is 0 Å². The molecule has 1 atom stereocenters. The molecule has 2 rings (SSSR count). The number of hydrogen-bond donors (Lipinski definition) is 1. The van der Waals surface area contributed by atoms with Crippen LogP contribution in [0.5, 0.6) is 0 Å². The van der Waals surface area contributed by atoms with Gasteiger partial charge in [0.15, 0.2) is 0 Å². The lowest BCUT2D eigenvalue weighted by Gasteiger charge is -2.21. The zero-order valence-corrected chi connectivity index (χ0v) is 12.5. The first-order valence-electron chi connectivity index (χ1n) is 6.60. The molecule has 19 heavy (non-hydrogen) atoms. The van der Waals surface area contributed by atoms with Gasteiger partial charge in [-0.15, -0.1) is 0 Å². The molecule has 1 unspecified atom stereocenters. The highest BCUT2D eigenvalue weighted by Crippen LogP contribution is 2.27. The summed E-state index contributed by atoms with van der Waals surface area (Å²) in [5.41, 5.74) is 5.22. The van der Waals surface area contributed by atoms with Crippen molar-refractivity contribution < 1.29 is 0 Å². The molecule has 100 valence electrons. The van der Waals surface area contributed by atoms with Gasteiger partial charge >= 0.3 is 0 Å². The van der Waals surface area contributed by atoms with Gasteiger partial charge in [-0.1, -0.05) is 48.0 Å². The summed E-state index contributed by atoms with van der Waals surface area (Å²) in [6.07, 6.45) is 0.905. The van der Waals surface area contributed by atoms with E-state index in [1.54, 1.807) is 0 Å². The van der Waals surface area contributed by atoms with E-state index in [1.165, 1.54) is 22.3 Å². The van der Waals surface area contributed by atoms with E-state index in [9.17, 15) is 0 Å². The minimum atomic E-state index is 0.293. The van der Waals surface area contributed by atoms with Crippen LogP contribution in [0, 0.1) is 13.8 Å². The van der Waals surface area contributed by atoms with E-state index in [2.05, 4.69) is 43.4 Å². The number of aryl methyl sites for hydroxylation is 2. The fraction of sp³-hybridized carbons (Fsp3) is 0.294. The highest BCUT2D eigenvalue weighted by Gasteiger charge is 2.15. The third-order valence-electron chi connectivity index (χ3n) is 3.62. The van der Waals surface area contributed by atoms with Crippen LogP contribution in [-0.4, -0.2) is 7.05 Å². The van der Waals surface area contributed by atoms with E-state index in [0.29, 0.717) is 6.04 Å². The van der Waals surface area contributed by atoms with Crippen LogP contribution in [0.3, 0.4) is 0 Å². The minimum Gasteiger partial charge on any atom is -0.313 e. The quantitative estimate of drug-likeness (QED) is 0.867. The molecule has 0 aliphatic carbocycles. The molecule has 2 aromatic rings. The molecule has 2 aromatic carbocycles. The Bertz CT molecular complexity index is 543. The average molecular weight is 274 g/mol. The molecule has 1 N–H and O–H groups in total. The summed E-state index contributed by atoms with van der Waals surface area (Å²) in [6, 6.07) is 14.8. The van der Waals surface area contributed by atoms with E-state index in [4.69, 9.17) is 11.6 Å². The second-order valence-electron chi connectivity index (χ2n) is 4.94. The lowest BCUT2D eigenvalue weighted by molar-refractivity contribution is 0.586. The first-order valence-corrected chi connectivity index (χ1v) is 6.98. The van der Waals surface area contributed by atoms with Gasteiger partial charge in [0.05, 0.1) is 0 Å². The third-order valence-corrected chi connectivity index (χ3v) is 3.99. The molecule has 0 heterocycles. The van der Waals surface area contributed by atoms with E-state index >= 15 is 0 Å². The molecular formula is C17H20ClN. The van der Waals surface area contributed by atoms with Gasteiger partial charge in [-0.2, -0.15) is 0 Å². The Balaban J connectivity index is 2.34. The maximum absolute atomic E-state index is 6.26. The predicted molar refractivity (Wildman–Crippen MR) is 82.9 cm³/mol. The largest absolute Gasteiger partial charge is 0.313 e. The van der Waals surface area contributed by atoms with Crippen LogP contribution in [-0.2, 0) is 6.42 Å². The van der Waals surface area contributed by atoms with Crippen LogP contribution in [0.1, 0.15) is 28.3 Å². The van der Waals surface area contributed by atoms with Crippen molar-refractivity contribution in [2.75, 3.05) is 7.05 Å². The molecule has 0 saturated heterocycles. The van der Waals surface area contributed by atoms with Gasteiger partial charge in [-0.05, 0) is 55.6 Å². The Morgan fingerprint density at radius 3 is 2.21 bits per heavy atom.